The lowest BCUT2D eigenvalue weighted by Gasteiger charge is -2.14. The Balaban J connectivity index is 0.000000204. The predicted molar refractivity (Wildman–Crippen MR) is 108 cm³/mol. The van der Waals surface area contributed by atoms with Crippen molar-refractivity contribution in [1.82, 2.24) is 0 Å². The van der Waals surface area contributed by atoms with Crippen molar-refractivity contribution < 1.29 is 13.2 Å². The van der Waals surface area contributed by atoms with Gasteiger partial charge in [0.25, 0.3) is 0 Å². The monoisotopic (exact) mass is 376 g/mol. The molecule has 0 saturated heterocycles. The molecule has 2 aromatic rings. The molecule has 1 atom stereocenters. The molecule has 0 N–H and O–H groups in total. The topological polar surface area (TPSA) is 0 Å². The summed E-state index contributed by atoms with van der Waals surface area (Å²) in [6.07, 6.45) is 6.42. The minimum absolute atomic E-state index is 0.0885. The van der Waals surface area contributed by atoms with Gasteiger partial charge in [-0.2, -0.15) is 0 Å². The maximum absolute atomic E-state index is 12.6. The average Bonchev–Trinajstić information content (AvgIpc) is 2.60. The Labute approximate surface area is 162 Å². The molecule has 0 aliphatic heterocycles. The summed E-state index contributed by atoms with van der Waals surface area (Å²) in [6.45, 7) is 11.3. The van der Waals surface area contributed by atoms with E-state index in [2.05, 4.69) is 19.9 Å². The van der Waals surface area contributed by atoms with E-state index in [1.165, 1.54) is 44.4 Å². The number of benzene rings is 2. The zero-order valence-electron chi connectivity index (χ0n) is 17.3. The van der Waals surface area contributed by atoms with E-state index >= 15 is 0 Å². The van der Waals surface area contributed by atoms with E-state index in [4.69, 9.17) is 0 Å². The molecule has 1 aliphatic carbocycles. The molecule has 27 heavy (non-hydrogen) atoms. The third kappa shape index (κ3) is 8.47. The maximum atomic E-state index is 12.6. The van der Waals surface area contributed by atoms with Crippen molar-refractivity contribution in [3.63, 3.8) is 0 Å². The molecule has 0 spiro atoms. The highest BCUT2D eigenvalue weighted by Gasteiger charge is 2.05. The lowest BCUT2D eigenvalue weighted by atomic mass is 9.92. The van der Waals surface area contributed by atoms with Crippen molar-refractivity contribution in [3.05, 3.63) is 81.7 Å². The van der Waals surface area contributed by atoms with Crippen LogP contribution in [0.15, 0.2) is 42.0 Å². The lowest BCUT2D eigenvalue weighted by Crippen LogP contribution is -1.98. The second kappa shape index (κ2) is 11.0. The van der Waals surface area contributed by atoms with Gasteiger partial charge in [0.1, 0.15) is 17.5 Å². The summed E-state index contributed by atoms with van der Waals surface area (Å²) in [6, 6.07) is 7.86. The van der Waals surface area contributed by atoms with Crippen LogP contribution in [0.4, 0.5) is 13.2 Å². The predicted octanol–water partition coefficient (Wildman–Crippen LogP) is 7.78. The quantitative estimate of drug-likeness (QED) is 0.412. The van der Waals surface area contributed by atoms with Crippen LogP contribution in [0, 0.1) is 51.1 Å². The largest absolute Gasteiger partial charge is 0.207 e. The zero-order valence-corrected chi connectivity index (χ0v) is 17.3. The Bertz CT molecular complexity index is 752. The molecule has 1 unspecified atom stereocenters. The van der Waals surface area contributed by atoms with Crippen LogP contribution in [0.25, 0.3) is 0 Å². The average molecular weight is 377 g/mol. The van der Waals surface area contributed by atoms with Crippen molar-refractivity contribution in [2.75, 3.05) is 0 Å². The van der Waals surface area contributed by atoms with E-state index in [9.17, 15) is 13.2 Å². The number of hydrogen-bond donors (Lipinski definition) is 0. The van der Waals surface area contributed by atoms with Gasteiger partial charge in [-0.15, -0.1) is 0 Å². The third-order valence-electron chi connectivity index (χ3n) is 4.65. The molecular formula is C24H31F3. The summed E-state index contributed by atoms with van der Waals surface area (Å²) in [5, 5.41) is 0. The van der Waals surface area contributed by atoms with Crippen molar-refractivity contribution in [2.24, 2.45) is 5.92 Å². The minimum Gasteiger partial charge on any atom is -0.207 e. The lowest BCUT2D eigenvalue weighted by molar-refractivity contribution is 0.514. The molecule has 0 aromatic heterocycles. The van der Waals surface area contributed by atoms with E-state index in [1.807, 2.05) is 13.0 Å². The van der Waals surface area contributed by atoms with E-state index < -0.39 is 11.6 Å². The van der Waals surface area contributed by atoms with Crippen molar-refractivity contribution in [2.45, 2.75) is 60.8 Å². The van der Waals surface area contributed by atoms with E-state index in [-0.39, 0.29) is 11.4 Å². The Morgan fingerprint density at radius 2 is 1.33 bits per heavy atom. The molecule has 1 aliphatic rings. The second-order valence-electron chi connectivity index (χ2n) is 7.54. The van der Waals surface area contributed by atoms with Crippen LogP contribution in [0.3, 0.4) is 0 Å². The Kier molecular flexibility index (Phi) is 9.34. The first-order valence-electron chi connectivity index (χ1n) is 9.40. The highest BCUT2D eigenvalue weighted by molar-refractivity contribution is 5.24. The molecule has 0 heterocycles. The number of aryl methyl sites for hydroxylation is 3. The fourth-order valence-electron chi connectivity index (χ4n) is 2.57. The molecular weight excluding hydrogens is 345 g/mol. The Morgan fingerprint density at radius 1 is 0.778 bits per heavy atom. The Morgan fingerprint density at radius 3 is 1.74 bits per heavy atom. The summed E-state index contributed by atoms with van der Waals surface area (Å²) < 4.78 is 37.8. The summed E-state index contributed by atoms with van der Waals surface area (Å²) in [7, 11) is 0. The molecule has 0 radical (unpaired) electrons. The molecule has 0 fully saturated rings. The smallest absolute Gasteiger partial charge is 0.129 e. The van der Waals surface area contributed by atoms with Gasteiger partial charge in [-0.05, 0) is 94.7 Å². The fourth-order valence-corrected chi connectivity index (χ4v) is 2.57. The van der Waals surface area contributed by atoms with E-state index in [0.29, 0.717) is 11.1 Å². The van der Waals surface area contributed by atoms with E-state index in [0.717, 1.165) is 11.5 Å². The summed E-state index contributed by atoms with van der Waals surface area (Å²) in [5.74, 6) is -0.122. The highest BCUT2D eigenvalue weighted by atomic mass is 19.1. The summed E-state index contributed by atoms with van der Waals surface area (Å²) >= 11 is 0. The van der Waals surface area contributed by atoms with Crippen LogP contribution in [0.5, 0.6) is 0 Å². The van der Waals surface area contributed by atoms with Gasteiger partial charge >= 0.3 is 0 Å². The molecule has 3 heteroatoms. The minimum atomic E-state index is -0.475. The van der Waals surface area contributed by atoms with Crippen LogP contribution in [0.1, 0.15) is 55.4 Å². The molecule has 0 amide bonds. The number of allylic oxidation sites excluding steroid dienone is 2. The molecule has 0 nitrogen and oxygen atoms in total. The van der Waals surface area contributed by atoms with Gasteiger partial charge < -0.3 is 0 Å². The van der Waals surface area contributed by atoms with Crippen LogP contribution in [-0.4, -0.2) is 0 Å². The van der Waals surface area contributed by atoms with Crippen LogP contribution in [0.2, 0.25) is 0 Å². The van der Waals surface area contributed by atoms with Gasteiger partial charge in [0.15, 0.2) is 0 Å². The van der Waals surface area contributed by atoms with E-state index in [1.54, 1.807) is 25.5 Å². The maximum Gasteiger partial charge on any atom is 0.129 e. The molecule has 2 aromatic carbocycles. The first kappa shape index (κ1) is 23.0. The fraction of sp³-hybridized carbons (Fsp3) is 0.417. The first-order chi connectivity index (χ1) is 12.6. The van der Waals surface area contributed by atoms with Crippen molar-refractivity contribution in [3.8, 4) is 0 Å². The third-order valence-corrected chi connectivity index (χ3v) is 4.65. The molecule has 3 rings (SSSR count). The van der Waals surface area contributed by atoms with Gasteiger partial charge in [0.2, 0.25) is 0 Å². The van der Waals surface area contributed by atoms with Crippen LogP contribution >= 0.6 is 0 Å². The van der Waals surface area contributed by atoms with Crippen molar-refractivity contribution in [1.29, 1.82) is 0 Å². The number of halogens is 3. The normalized spacial score (nSPS) is 15.7. The van der Waals surface area contributed by atoms with Gasteiger partial charge in [-0.3, -0.25) is 0 Å². The summed E-state index contributed by atoms with van der Waals surface area (Å²) in [4.78, 5) is 0. The standard InChI is InChI=1S/C8H8F2.C8H9F.C8H14/c1-5-3-7(9)6(2)8(10)4-5;1-6-3-4-7(2)8(9)5-6;1-7-3-5-8(2)6-4-7/h3-4H,1-2H3;3-5H,1-2H3;3,8H,4-6H2,1-2H3. The first-order valence-corrected chi connectivity index (χ1v) is 9.40. The number of hydrogen-bond acceptors (Lipinski definition) is 0. The van der Waals surface area contributed by atoms with Gasteiger partial charge in [0.05, 0.1) is 0 Å². The highest BCUT2D eigenvalue weighted by Crippen LogP contribution is 2.21. The Hall–Kier alpha value is -2.03. The van der Waals surface area contributed by atoms with Gasteiger partial charge in [-0.25, -0.2) is 13.2 Å². The number of rotatable bonds is 0. The molecule has 0 saturated carbocycles. The molecule has 148 valence electrons. The SMILES string of the molecule is CC1=CCC(C)CC1.Cc1cc(F)c(C)c(F)c1.Cc1ccc(C)c(F)c1. The second-order valence-corrected chi connectivity index (χ2v) is 7.54. The molecule has 0 bridgehead atoms. The van der Waals surface area contributed by atoms with Crippen molar-refractivity contribution >= 4 is 0 Å². The van der Waals surface area contributed by atoms with Crippen LogP contribution in [-0.2, 0) is 0 Å². The van der Waals surface area contributed by atoms with Gasteiger partial charge in [-0.1, -0.05) is 30.7 Å². The van der Waals surface area contributed by atoms with Gasteiger partial charge in [0, 0.05) is 5.56 Å². The van der Waals surface area contributed by atoms with Crippen LogP contribution < -0.4 is 0 Å². The summed E-state index contributed by atoms with van der Waals surface area (Å²) in [5.41, 5.74) is 3.97. The zero-order chi connectivity index (χ0) is 20.6.